The van der Waals surface area contributed by atoms with Crippen molar-refractivity contribution in [1.82, 2.24) is 0 Å². The predicted molar refractivity (Wildman–Crippen MR) is 48.6 cm³/mol. The van der Waals surface area contributed by atoms with Crippen molar-refractivity contribution in [2.75, 3.05) is 0 Å². The molecule has 0 aromatic carbocycles. The van der Waals surface area contributed by atoms with Crippen molar-refractivity contribution < 1.29 is 13.4 Å². The third kappa shape index (κ3) is 3.85. The zero-order valence-corrected chi connectivity index (χ0v) is 9.05. The number of ketones is 1. The first-order valence-electron chi connectivity index (χ1n) is 3.82. The fraction of sp³-hybridized carbons (Fsp3) is 0.750. The molecule has 0 heterocycles. The Morgan fingerprint density at radius 2 is 1.92 bits per heavy atom. The van der Waals surface area contributed by atoms with E-state index >= 15 is 0 Å². The first-order valence-corrected chi connectivity index (χ1v) is 4.46. The van der Waals surface area contributed by atoms with E-state index in [1.165, 1.54) is 6.92 Å². The van der Waals surface area contributed by atoms with Crippen molar-refractivity contribution in [3.05, 3.63) is 0 Å². The van der Waals surface area contributed by atoms with Gasteiger partial charge in [0.15, 0.2) is 16.3 Å². The van der Waals surface area contributed by atoms with Crippen molar-refractivity contribution in [1.29, 1.82) is 0 Å². The Hall–Kier alpha value is -0.380. The van der Waals surface area contributed by atoms with Crippen molar-refractivity contribution in [2.24, 2.45) is 11.8 Å². The number of halogens is 1. The summed E-state index contributed by atoms with van der Waals surface area (Å²) in [4.78, 5) is 22.0. The lowest BCUT2D eigenvalue weighted by atomic mass is 9.94. The number of Topliss-reactive ketones (excluding diaryl/α,β-unsaturated/α-hetero) is 1. The second-order valence-corrected chi connectivity index (χ2v) is 3.51. The maximum Gasteiger partial charge on any atom is 0.327 e. The first-order chi connectivity index (χ1) is 5.49. The minimum absolute atomic E-state index is 0.145. The van der Waals surface area contributed by atoms with Crippen molar-refractivity contribution in [3.63, 3.8) is 0 Å². The molecule has 0 saturated heterocycles. The van der Waals surface area contributed by atoms with Crippen LogP contribution in [0.15, 0.2) is 0 Å². The van der Waals surface area contributed by atoms with Gasteiger partial charge in [-0.15, -0.1) is 0 Å². The Balaban J connectivity index is 4.23. The monoisotopic (exact) mass is 236 g/mol. The number of carbonyl (C=O) groups is 2. The largest absolute Gasteiger partial charge is 0.383 e. The van der Waals surface area contributed by atoms with Crippen LogP contribution >= 0.6 is 16.3 Å². The van der Waals surface area contributed by atoms with Crippen LogP contribution in [0.25, 0.3) is 0 Å². The molecule has 70 valence electrons. The molecule has 0 N–H and O–H groups in total. The lowest BCUT2D eigenvalue weighted by Gasteiger charge is -2.11. The van der Waals surface area contributed by atoms with Gasteiger partial charge in [-0.1, -0.05) is 13.8 Å². The van der Waals surface area contributed by atoms with Gasteiger partial charge >= 0.3 is 5.97 Å². The highest BCUT2D eigenvalue weighted by atomic mass is 79.9. The lowest BCUT2D eigenvalue weighted by molar-refractivity contribution is -0.142. The quantitative estimate of drug-likeness (QED) is 0.703. The maximum absolute atomic E-state index is 11.0. The number of rotatable bonds is 4. The van der Waals surface area contributed by atoms with E-state index in [1.54, 1.807) is 0 Å². The normalized spacial score (nSPS) is 12.8. The average molecular weight is 237 g/mol. The standard InChI is InChI=1S/C8H13BrO3/c1-5(2)4-7(6(3)10)8(11)12-9/h5,7H,4H2,1-3H3. The van der Waals surface area contributed by atoms with Crippen LogP contribution in [0.1, 0.15) is 27.2 Å². The van der Waals surface area contributed by atoms with E-state index < -0.39 is 11.9 Å². The smallest absolute Gasteiger partial charge is 0.327 e. The summed E-state index contributed by atoms with van der Waals surface area (Å²) in [6.07, 6.45) is 0.541. The Kier molecular flexibility index (Phi) is 5.13. The molecule has 0 aliphatic rings. The topological polar surface area (TPSA) is 43.4 Å². The number of hydrogen-bond acceptors (Lipinski definition) is 3. The molecule has 0 amide bonds. The van der Waals surface area contributed by atoms with Crippen LogP contribution < -0.4 is 0 Å². The molecule has 0 aromatic heterocycles. The fourth-order valence-electron chi connectivity index (χ4n) is 0.953. The summed E-state index contributed by atoms with van der Waals surface area (Å²) in [5.74, 6) is -0.959. The molecular formula is C8H13BrO3. The molecule has 1 unspecified atom stereocenters. The minimum Gasteiger partial charge on any atom is -0.383 e. The number of hydrogen-bond donors (Lipinski definition) is 0. The molecule has 1 atom stereocenters. The third-order valence-corrected chi connectivity index (χ3v) is 1.88. The molecule has 4 heteroatoms. The first kappa shape index (κ1) is 11.6. The van der Waals surface area contributed by atoms with Crippen molar-refractivity contribution in [3.8, 4) is 0 Å². The van der Waals surface area contributed by atoms with Crippen molar-refractivity contribution in [2.45, 2.75) is 27.2 Å². The van der Waals surface area contributed by atoms with Crippen LogP contribution in [0.4, 0.5) is 0 Å². The average Bonchev–Trinajstić information content (AvgIpc) is 1.98. The van der Waals surface area contributed by atoms with E-state index in [0.717, 1.165) is 0 Å². The van der Waals surface area contributed by atoms with Gasteiger partial charge in [0.05, 0.1) is 0 Å². The van der Waals surface area contributed by atoms with E-state index in [4.69, 9.17) is 0 Å². The van der Waals surface area contributed by atoms with E-state index in [9.17, 15) is 9.59 Å². The van der Waals surface area contributed by atoms with Gasteiger partial charge in [-0.25, -0.2) is 0 Å². The summed E-state index contributed by atoms with van der Waals surface area (Å²) in [5, 5.41) is 0. The summed E-state index contributed by atoms with van der Waals surface area (Å²) in [5.41, 5.74) is 0. The van der Waals surface area contributed by atoms with E-state index in [2.05, 4.69) is 20.1 Å². The molecule has 12 heavy (non-hydrogen) atoms. The van der Waals surface area contributed by atoms with Gasteiger partial charge in [0.1, 0.15) is 11.7 Å². The third-order valence-electron chi connectivity index (χ3n) is 1.56. The Morgan fingerprint density at radius 3 is 2.17 bits per heavy atom. The van der Waals surface area contributed by atoms with Crippen LogP contribution in [0.2, 0.25) is 0 Å². The van der Waals surface area contributed by atoms with Gasteiger partial charge < -0.3 is 3.83 Å². The van der Waals surface area contributed by atoms with E-state index in [1.807, 2.05) is 13.8 Å². The Labute approximate surface area is 80.9 Å². The molecule has 0 rings (SSSR count). The molecule has 3 nitrogen and oxygen atoms in total. The Bertz CT molecular complexity index is 177. The second kappa shape index (κ2) is 5.30. The maximum atomic E-state index is 11.0. The highest BCUT2D eigenvalue weighted by Gasteiger charge is 2.25. The minimum atomic E-state index is -0.621. The van der Waals surface area contributed by atoms with Gasteiger partial charge in [0, 0.05) is 0 Å². The summed E-state index contributed by atoms with van der Waals surface area (Å²) in [7, 11) is 0. The molecule has 0 aliphatic carbocycles. The Morgan fingerprint density at radius 1 is 1.42 bits per heavy atom. The van der Waals surface area contributed by atoms with Crippen molar-refractivity contribution >= 4 is 28.0 Å². The summed E-state index contributed by atoms with van der Waals surface area (Å²) in [6.45, 7) is 5.31. The van der Waals surface area contributed by atoms with Crippen LogP contribution in [0, 0.1) is 11.8 Å². The SMILES string of the molecule is CC(=O)C(CC(C)C)C(=O)OBr. The van der Waals surface area contributed by atoms with E-state index in [0.29, 0.717) is 12.3 Å². The van der Waals surface area contributed by atoms with Gasteiger partial charge in [-0.3, -0.25) is 9.59 Å². The molecule has 0 aromatic rings. The molecular weight excluding hydrogens is 224 g/mol. The summed E-state index contributed by atoms with van der Waals surface area (Å²) in [6, 6.07) is 0. The van der Waals surface area contributed by atoms with Gasteiger partial charge in [-0.2, -0.15) is 0 Å². The van der Waals surface area contributed by atoms with E-state index in [-0.39, 0.29) is 5.78 Å². The molecule has 0 radical (unpaired) electrons. The molecule has 0 bridgehead atoms. The second-order valence-electron chi connectivity index (χ2n) is 3.19. The van der Waals surface area contributed by atoms with Gasteiger partial charge in [-0.05, 0) is 19.3 Å². The number of carbonyl (C=O) groups excluding carboxylic acids is 2. The zero-order chi connectivity index (χ0) is 9.72. The summed E-state index contributed by atoms with van der Waals surface area (Å²) < 4.78 is 4.33. The highest BCUT2D eigenvalue weighted by molar-refractivity contribution is 9.06. The molecule has 0 aliphatic heterocycles. The predicted octanol–water partition coefficient (Wildman–Crippen LogP) is 2.09. The molecule has 0 saturated carbocycles. The zero-order valence-electron chi connectivity index (χ0n) is 7.46. The molecule has 0 fully saturated rings. The highest BCUT2D eigenvalue weighted by Crippen LogP contribution is 2.15. The summed E-state index contributed by atoms with van der Waals surface area (Å²) >= 11 is 2.57. The van der Waals surface area contributed by atoms with Crippen LogP contribution in [-0.2, 0) is 13.4 Å². The van der Waals surface area contributed by atoms with Crippen LogP contribution in [0.5, 0.6) is 0 Å². The fourth-order valence-corrected chi connectivity index (χ4v) is 1.18. The van der Waals surface area contributed by atoms with Crippen LogP contribution in [-0.4, -0.2) is 11.8 Å². The van der Waals surface area contributed by atoms with Gasteiger partial charge in [0.2, 0.25) is 0 Å². The van der Waals surface area contributed by atoms with Gasteiger partial charge in [0.25, 0.3) is 0 Å². The van der Waals surface area contributed by atoms with Crippen LogP contribution in [0.3, 0.4) is 0 Å². The lowest BCUT2D eigenvalue weighted by Crippen LogP contribution is -2.23. The molecule has 0 spiro atoms.